The largest absolute Gasteiger partial charge is 0.346 e. The van der Waals surface area contributed by atoms with Gasteiger partial charge in [0, 0.05) is 31.9 Å². The normalized spacial score (nSPS) is 17.1. The van der Waals surface area contributed by atoms with Crippen LogP contribution in [0.3, 0.4) is 0 Å². The molecule has 2 heterocycles. The summed E-state index contributed by atoms with van der Waals surface area (Å²) in [5.41, 5.74) is 1.20. The Morgan fingerprint density at radius 2 is 2.08 bits per heavy atom. The van der Waals surface area contributed by atoms with Crippen LogP contribution in [0.1, 0.15) is 22.5 Å². The van der Waals surface area contributed by atoms with Crippen molar-refractivity contribution in [3.05, 3.63) is 59.9 Å². The lowest BCUT2D eigenvalue weighted by atomic mass is 10.1. The van der Waals surface area contributed by atoms with Crippen LogP contribution in [0.4, 0.5) is 4.39 Å². The summed E-state index contributed by atoms with van der Waals surface area (Å²) in [5, 5.41) is 2.81. The summed E-state index contributed by atoms with van der Waals surface area (Å²) < 4.78 is 12.9. The van der Waals surface area contributed by atoms with Crippen molar-refractivity contribution >= 4 is 11.8 Å². The summed E-state index contributed by atoms with van der Waals surface area (Å²) in [6.07, 6.45) is 5.25. The molecule has 2 aromatic rings. The Hall–Kier alpha value is -2.83. The average Bonchev–Trinajstić information content (AvgIpc) is 2.94. The number of likely N-dealkylation sites (tertiary alicyclic amines) is 1. The maximum absolute atomic E-state index is 12.9. The molecule has 1 aromatic carbocycles. The lowest BCUT2D eigenvalue weighted by Gasteiger charge is -2.17. The number of hydrogen-bond acceptors (Lipinski definition) is 4. The Morgan fingerprint density at radius 1 is 1.29 bits per heavy atom. The number of hydrogen-bond donors (Lipinski definition) is 1. The molecule has 0 spiro atoms. The van der Waals surface area contributed by atoms with Crippen molar-refractivity contribution in [2.75, 3.05) is 13.1 Å². The number of nitrogens with one attached hydrogen (secondary N) is 1. The Labute approximate surface area is 138 Å². The summed E-state index contributed by atoms with van der Waals surface area (Å²) in [6.45, 7) is 1.01. The van der Waals surface area contributed by atoms with Gasteiger partial charge in [0.25, 0.3) is 5.91 Å². The Kier molecular flexibility index (Phi) is 4.79. The molecule has 1 saturated heterocycles. The van der Waals surface area contributed by atoms with Crippen molar-refractivity contribution in [3.8, 4) is 0 Å². The minimum absolute atomic E-state index is 0.00144. The smallest absolute Gasteiger partial charge is 0.271 e. The SMILES string of the molecule is O=C(NC1CC(=O)N(CCc2ccc(F)cc2)C1)c1cnccn1. The van der Waals surface area contributed by atoms with Gasteiger partial charge in [0.05, 0.1) is 12.2 Å². The van der Waals surface area contributed by atoms with Crippen molar-refractivity contribution in [2.45, 2.75) is 18.9 Å². The minimum Gasteiger partial charge on any atom is -0.346 e. The number of amides is 2. The summed E-state index contributed by atoms with van der Waals surface area (Å²) in [6, 6.07) is 6.00. The predicted octanol–water partition coefficient (Wildman–Crippen LogP) is 1.19. The predicted molar refractivity (Wildman–Crippen MR) is 84.6 cm³/mol. The third-order valence-electron chi connectivity index (χ3n) is 3.93. The van der Waals surface area contributed by atoms with Crippen molar-refractivity contribution in [3.63, 3.8) is 0 Å². The van der Waals surface area contributed by atoms with E-state index in [1.807, 2.05) is 0 Å². The van der Waals surface area contributed by atoms with E-state index in [1.54, 1.807) is 17.0 Å². The zero-order valence-electron chi connectivity index (χ0n) is 13.0. The maximum atomic E-state index is 12.9. The zero-order valence-corrected chi connectivity index (χ0v) is 13.0. The number of benzene rings is 1. The highest BCUT2D eigenvalue weighted by Gasteiger charge is 2.30. The van der Waals surface area contributed by atoms with Crippen LogP contribution in [0.25, 0.3) is 0 Å². The van der Waals surface area contributed by atoms with Gasteiger partial charge in [-0.2, -0.15) is 0 Å². The van der Waals surface area contributed by atoms with E-state index in [2.05, 4.69) is 15.3 Å². The molecule has 6 nitrogen and oxygen atoms in total. The van der Waals surface area contributed by atoms with E-state index in [0.717, 1.165) is 5.56 Å². The number of carbonyl (C=O) groups excluding carboxylic acids is 2. The van der Waals surface area contributed by atoms with E-state index >= 15 is 0 Å². The molecule has 0 bridgehead atoms. The van der Waals surface area contributed by atoms with Crippen molar-refractivity contribution in [2.24, 2.45) is 0 Å². The molecule has 0 saturated carbocycles. The fourth-order valence-corrected chi connectivity index (χ4v) is 2.68. The van der Waals surface area contributed by atoms with Crippen LogP contribution in [0.2, 0.25) is 0 Å². The molecule has 1 aliphatic heterocycles. The molecule has 24 heavy (non-hydrogen) atoms. The van der Waals surface area contributed by atoms with E-state index in [9.17, 15) is 14.0 Å². The molecule has 1 unspecified atom stereocenters. The monoisotopic (exact) mass is 328 g/mol. The summed E-state index contributed by atoms with van der Waals surface area (Å²) in [5.74, 6) is -0.606. The molecular formula is C17H17FN4O2. The molecule has 7 heteroatoms. The molecular weight excluding hydrogens is 311 g/mol. The highest BCUT2D eigenvalue weighted by Crippen LogP contribution is 2.13. The summed E-state index contributed by atoms with van der Waals surface area (Å²) >= 11 is 0. The third-order valence-corrected chi connectivity index (χ3v) is 3.93. The molecule has 1 N–H and O–H groups in total. The first-order chi connectivity index (χ1) is 11.6. The molecule has 3 rings (SSSR count). The van der Waals surface area contributed by atoms with Crippen LogP contribution in [0, 0.1) is 5.82 Å². The van der Waals surface area contributed by atoms with Gasteiger partial charge in [-0.25, -0.2) is 9.37 Å². The average molecular weight is 328 g/mol. The van der Waals surface area contributed by atoms with E-state index in [0.29, 0.717) is 19.5 Å². The van der Waals surface area contributed by atoms with Crippen molar-refractivity contribution in [1.29, 1.82) is 0 Å². The lowest BCUT2D eigenvalue weighted by Crippen LogP contribution is -2.37. The summed E-state index contributed by atoms with van der Waals surface area (Å²) in [7, 11) is 0. The second-order valence-electron chi connectivity index (χ2n) is 5.68. The van der Waals surface area contributed by atoms with Gasteiger partial charge in [0.2, 0.25) is 5.91 Å². The first-order valence-electron chi connectivity index (χ1n) is 7.71. The highest BCUT2D eigenvalue weighted by molar-refractivity contribution is 5.93. The second kappa shape index (κ2) is 7.16. The standard InChI is InChI=1S/C17H17FN4O2/c18-13-3-1-12(2-4-13)5-8-22-11-14(9-16(22)23)21-17(24)15-10-19-6-7-20-15/h1-4,6-7,10,14H,5,8-9,11H2,(H,21,24). The molecule has 124 valence electrons. The Morgan fingerprint density at radius 3 is 2.79 bits per heavy atom. The van der Waals surface area contributed by atoms with Gasteiger partial charge in [0.1, 0.15) is 11.5 Å². The molecule has 1 aromatic heterocycles. The van der Waals surface area contributed by atoms with Crippen LogP contribution in [-0.2, 0) is 11.2 Å². The van der Waals surface area contributed by atoms with Gasteiger partial charge >= 0.3 is 0 Å². The molecule has 2 amide bonds. The lowest BCUT2D eigenvalue weighted by molar-refractivity contribution is -0.127. The van der Waals surface area contributed by atoms with Crippen molar-refractivity contribution in [1.82, 2.24) is 20.2 Å². The van der Waals surface area contributed by atoms with Crippen molar-refractivity contribution < 1.29 is 14.0 Å². The number of carbonyl (C=O) groups is 2. The quantitative estimate of drug-likeness (QED) is 0.894. The van der Waals surface area contributed by atoms with Gasteiger partial charge in [-0.15, -0.1) is 0 Å². The van der Waals surface area contributed by atoms with Gasteiger partial charge in [-0.1, -0.05) is 12.1 Å². The van der Waals surface area contributed by atoms with Crippen LogP contribution in [-0.4, -0.2) is 45.8 Å². The fraction of sp³-hybridized carbons (Fsp3) is 0.294. The molecule has 0 radical (unpaired) electrons. The first kappa shape index (κ1) is 16.0. The molecule has 0 aliphatic carbocycles. The van der Waals surface area contributed by atoms with Crippen LogP contribution in [0.15, 0.2) is 42.9 Å². The molecule has 1 atom stereocenters. The topological polar surface area (TPSA) is 75.2 Å². The number of aromatic nitrogens is 2. The van der Waals surface area contributed by atoms with Gasteiger partial charge in [-0.05, 0) is 24.1 Å². The van der Waals surface area contributed by atoms with E-state index in [4.69, 9.17) is 0 Å². The van der Waals surface area contributed by atoms with Gasteiger partial charge in [0.15, 0.2) is 0 Å². The first-order valence-corrected chi connectivity index (χ1v) is 7.71. The number of rotatable bonds is 5. The number of nitrogens with zero attached hydrogens (tertiary/aromatic N) is 3. The zero-order chi connectivity index (χ0) is 16.9. The van der Waals surface area contributed by atoms with Gasteiger partial charge < -0.3 is 10.2 Å². The fourth-order valence-electron chi connectivity index (χ4n) is 2.68. The maximum Gasteiger partial charge on any atom is 0.271 e. The third kappa shape index (κ3) is 3.92. The van der Waals surface area contributed by atoms with Gasteiger partial charge in [-0.3, -0.25) is 14.6 Å². The van der Waals surface area contributed by atoms with Crippen LogP contribution < -0.4 is 5.32 Å². The minimum atomic E-state index is -0.332. The highest BCUT2D eigenvalue weighted by atomic mass is 19.1. The van der Waals surface area contributed by atoms with Crippen LogP contribution >= 0.6 is 0 Å². The molecule has 1 fully saturated rings. The van der Waals surface area contributed by atoms with Crippen LogP contribution in [0.5, 0.6) is 0 Å². The Bertz CT molecular complexity index is 721. The second-order valence-corrected chi connectivity index (χ2v) is 5.68. The van der Waals surface area contributed by atoms with E-state index in [1.165, 1.54) is 30.7 Å². The molecule has 1 aliphatic rings. The summed E-state index contributed by atoms with van der Waals surface area (Å²) in [4.78, 5) is 33.6. The van der Waals surface area contributed by atoms with E-state index in [-0.39, 0.29) is 35.8 Å². The number of halogens is 1. The Balaban J connectivity index is 1.52. The van der Waals surface area contributed by atoms with E-state index < -0.39 is 0 Å².